The van der Waals surface area contributed by atoms with Crippen LogP contribution in [0.15, 0.2) is 52.9 Å². The van der Waals surface area contributed by atoms with E-state index in [4.69, 9.17) is 16.0 Å². The summed E-state index contributed by atoms with van der Waals surface area (Å²) in [5.41, 5.74) is 0.521. The van der Waals surface area contributed by atoms with Crippen LogP contribution < -0.4 is 10.2 Å². The van der Waals surface area contributed by atoms with E-state index in [1.165, 1.54) is 24.6 Å². The molecule has 29 heavy (non-hydrogen) atoms. The van der Waals surface area contributed by atoms with Gasteiger partial charge in [0.15, 0.2) is 0 Å². The van der Waals surface area contributed by atoms with Gasteiger partial charge in [0.1, 0.15) is 11.9 Å². The molecule has 1 aliphatic heterocycles. The Balaban J connectivity index is 1.64. The SMILES string of the molecule is O=C(N[C@@H](c1ccccc1)c1nnc(N2CCCCC2)o1)c1c(F)cccc1Cl. The number of nitrogens with zero attached hydrogens (tertiary/aromatic N) is 3. The van der Waals surface area contributed by atoms with Crippen molar-refractivity contribution in [1.29, 1.82) is 0 Å². The maximum atomic E-state index is 14.2. The second-order valence-electron chi connectivity index (χ2n) is 6.88. The van der Waals surface area contributed by atoms with Crippen LogP contribution in [-0.4, -0.2) is 29.2 Å². The molecule has 1 atom stereocenters. The quantitative estimate of drug-likeness (QED) is 0.671. The zero-order valence-electron chi connectivity index (χ0n) is 15.6. The molecule has 0 bridgehead atoms. The number of carbonyl (C=O) groups excluding carboxylic acids is 1. The molecule has 0 saturated carbocycles. The van der Waals surface area contributed by atoms with E-state index >= 15 is 0 Å². The standard InChI is InChI=1S/C21H20ClFN4O2/c22-15-10-7-11-16(23)17(15)19(28)24-18(14-8-3-1-4-9-14)20-25-26-21(29-20)27-12-5-2-6-13-27/h1,3-4,7-11,18H,2,5-6,12-13H2,(H,24,28)/t18-/m0/s1. The first-order chi connectivity index (χ1) is 14.1. The van der Waals surface area contributed by atoms with Gasteiger partial charge in [-0.25, -0.2) is 4.39 Å². The number of nitrogens with one attached hydrogen (secondary N) is 1. The molecule has 1 aromatic heterocycles. The predicted molar refractivity (Wildman–Crippen MR) is 108 cm³/mol. The fraction of sp³-hybridized carbons (Fsp3) is 0.286. The van der Waals surface area contributed by atoms with E-state index in [1.54, 1.807) is 0 Å². The lowest BCUT2D eigenvalue weighted by Gasteiger charge is -2.24. The molecule has 1 aliphatic rings. The molecule has 0 spiro atoms. The van der Waals surface area contributed by atoms with Crippen LogP contribution in [0.2, 0.25) is 5.02 Å². The normalized spacial score (nSPS) is 15.2. The fourth-order valence-corrected chi connectivity index (χ4v) is 3.66. The summed E-state index contributed by atoms with van der Waals surface area (Å²) in [6, 6.07) is 13.0. The van der Waals surface area contributed by atoms with E-state index in [1.807, 2.05) is 35.2 Å². The number of hydrogen-bond acceptors (Lipinski definition) is 5. The minimum Gasteiger partial charge on any atom is -0.405 e. The number of amides is 1. The highest BCUT2D eigenvalue weighted by Crippen LogP contribution is 2.27. The molecule has 2 heterocycles. The van der Waals surface area contributed by atoms with Gasteiger partial charge in [0.25, 0.3) is 5.91 Å². The predicted octanol–water partition coefficient (Wildman–Crippen LogP) is 4.37. The van der Waals surface area contributed by atoms with Crippen molar-refractivity contribution in [3.05, 3.63) is 76.4 Å². The lowest BCUT2D eigenvalue weighted by Crippen LogP contribution is -2.30. The first-order valence-corrected chi connectivity index (χ1v) is 9.89. The summed E-state index contributed by atoms with van der Waals surface area (Å²) in [5.74, 6) is -1.11. The number of carbonyl (C=O) groups is 1. The molecule has 1 N–H and O–H groups in total. The molecular weight excluding hydrogens is 395 g/mol. The number of benzene rings is 2. The van der Waals surface area contributed by atoms with Crippen molar-refractivity contribution in [3.8, 4) is 0 Å². The average Bonchev–Trinajstić information content (AvgIpc) is 3.23. The monoisotopic (exact) mass is 414 g/mol. The molecule has 1 fully saturated rings. The Labute approximate surface area is 172 Å². The highest BCUT2D eigenvalue weighted by molar-refractivity contribution is 6.33. The largest absolute Gasteiger partial charge is 0.405 e. The zero-order chi connectivity index (χ0) is 20.2. The zero-order valence-corrected chi connectivity index (χ0v) is 16.4. The molecule has 1 amide bonds. The molecule has 150 valence electrons. The van der Waals surface area contributed by atoms with E-state index in [-0.39, 0.29) is 16.5 Å². The van der Waals surface area contributed by atoms with Crippen molar-refractivity contribution in [2.45, 2.75) is 25.3 Å². The molecule has 0 radical (unpaired) electrons. The van der Waals surface area contributed by atoms with Crippen LogP contribution in [0.3, 0.4) is 0 Å². The average molecular weight is 415 g/mol. The molecule has 6 nitrogen and oxygen atoms in total. The molecule has 2 aromatic carbocycles. The maximum absolute atomic E-state index is 14.2. The Hall–Kier alpha value is -2.93. The third-order valence-electron chi connectivity index (χ3n) is 4.90. The van der Waals surface area contributed by atoms with Crippen LogP contribution in [0.25, 0.3) is 0 Å². The minimum atomic E-state index is -0.731. The summed E-state index contributed by atoms with van der Waals surface area (Å²) in [4.78, 5) is 14.9. The first-order valence-electron chi connectivity index (χ1n) is 9.51. The Morgan fingerprint density at radius 2 is 1.83 bits per heavy atom. The topological polar surface area (TPSA) is 71.3 Å². The van der Waals surface area contributed by atoms with E-state index in [0.29, 0.717) is 6.01 Å². The number of anilines is 1. The van der Waals surface area contributed by atoms with Gasteiger partial charge in [0.2, 0.25) is 5.89 Å². The van der Waals surface area contributed by atoms with Gasteiger partial charge in [-0.2, -0.15) is 0 Å². The Bertz CT molecular complexity index is 969. The summed E-state index contributed by atoms with van der Waals surface area (Å²) in [6.45, 7) is 1.71. The van der Waals surface area contributed by atoms with Gasteiger partial charge < -0.3 is 14.6 Å². The summed E-state index contributed by atoms with van der Waals surface area (Å²) in [7, 11) is 0. The first kappa shape index (κ1) is 19.4. The van der Waals surface area contributed by atoms with Crippen LogP contribution in [0.4, 0.5) is 10.4 Å². The van der Waals surface area contributed by atoms with Crippen molar-refractivity contribution in [2.75, 3.05) is 18.0 Å². The summed E-state index contributed by atoms with van der Waals surface area (Å²) in [6.07, 6.45) is 3.33. The number of rotatable bonds is 5. The van der Waals surface area contributed by atoms with Gasteiger partial charge >= 0.3 is 6.01 Å². The number of hydrogen-bond donors (Lipinski definition) is 1. The van der Waals surface area contributed by atoms with E-state index in [2.05, 4.69) is 15.5 Å². The van der Waals surface area contributed by atoms with E-state index in [0.717, 1.165) is 31.5 Å². The van der Waals surface area contributed by atoms with Crippen molar-refractivity contribution < 1.29 is 13.6 Å². The minimum absolute atomic E-state index is 0.0360. The molecular formula is C21H20ClFN4O2. The van der Waals surface area contributed by atoms with Crippen LogP contribution in [0.1, 0.15) is 47.1 Å². The molecule has 8 heteroatoms. The highest BCUT2D eigenvalue weighted by Gasteiger charge is 2.27. The molecule has 0 aliphatic carbocycles. The van der Waals surface area contributed by atoms with Crippen LogP contribution in [0.5, 0.6) is 0 Å². The van der Waals surface area contributed by atoms with E-state index in [9.17, 15) is 9.18 Å². The lowest BCUT2D eigenvalue weighted by molar-refractivity contribution is 0.0934. The van der Waals surface area contributed by atoms with Gasteiger partial charge in [-0.05, 0) is 37.0 Å². The van der Waals surface area contributed by atoms with Crippen LogP contribution in [0, 0.1) is 5.82 Å². The molecule has 1 saturated heterocycles. The van der Waals surface area contributed by atoms with Crippen molar-refractivity contribution in [2.24, 2.45) is 0 Å². The second-order valence-corrected chi connectivity index (χ2v) is 7.29. The number of aromatic nitrogens is 2. The van der Waals surface area contributed by atoms with E-state index < -0.39 is 17.8 Å². The van der Waals surface area contributed by atoms with Gasteiger partial charge in [-0.3, -0.25) is 4.79 Å². The summed E-state index contributed by atoms with van der Waals surface area (Å²) < 4.78 is 20.1. The van der Waals surface area contributed by atoms with Crippen molar-refractivity contribution in [3.63, 3.8) is 0 Å². The third-order valence-corrected chi connectivity index (χ3v) is 5.22. The smallest absolute Gasteiger partial charge is 0.318 e. The van der Waals surface area contributed by atoms with Gasteiger partial charge in [-0.1, -0.05) is 53.1 Å². The summed E-state index contributed by atoms with van der Waals surface area (Å²) >= 11 is 6.05. The van der Waals surface area contributed by atoms with Gasteiger partial charge in [-0.15, -0.1) is 5.10 Å². The van der Waals surface area contributed by atoms with Crippen molar-refractivity contribution >= 4 is 23.5 Å². The molecule has 3 aromatic rings. The molecule has 0 unspecified atom stereocenters. The van der Waals surface area contributed by atoms with Crippen LogP contribution in [-0.2, 0) is 0 Å². The Morgan fingerprint density at radius 3 is 2.55 bits per heavy atom. The fourth-order valence-electron chi connectivity index (χ4n) is 3.41. The Kier molecular flexibility index (Phi) is 5.76. The number of piperidine rings is 1. The van der Waals surface area contributed by atoms with Gasteiger partial charge in [0, 0.05) is 13.1 Å². The third kappa shape index (κ3) is 4.24. The maximum Gasteiger partial charge on any atom is 0.318 e. The second kappa shape index (κ2) is 8.61. The Morgan fingerprint density at radius 1 is 1.07 bits per heavy atom. The number of halogens is 2. The van der Waals surface area contributed by atoms with Crippen molar-refractivity contribution in [1.82, 2.24) is 15.5 Å². The van der Waals surface area contributed by atoms with Gasteiger partial charge in [0.05, 0.1) is 10.6 Å². The highest BCUT2D eigenvalue weighted by atomic mass is 35.5. The lowest BCUT2D eigenvalue weighted by atomic mass is 10.1. The van der Waals surface area contributed by atoms with Crippen LogP contribution >= 0.6 is 11.6 Å². The summed E-state index contributed by atoms with van der Waals surface area (Å²) in [5, 5.41) is 11.1. The molecule has 4 rings (SSSR count).